The van der Waals surface area contributed by atoms with Crippen molar-refractivity contribution in [2.45, 2.75) is 25.0 Å². The minimum atomic E-state index is -1.16. The Bertz CT molecular complexity index is 605. The number of nitrogens with two attached hydrogens (primary N) is 1. The van der Waals surface area contributed by atoms with Crippen molar-refractivity contribution in [2.75, 3.05) is 0 Å². The molecule has 0 bridgehead atoms. The summed E-state index contributed by atoms with van der Waals surface area (Å²) in [5.41, 5.74) is 5.76. The molecule has 0 radical (unpaired) electrons. The molecule has 112 valence electrons. The molecule has 6 heteroatoms. The monoisotopic (exact) mass is 309 g/mol. The molecule has 4 atom stereocenters. The van der Waals surface area contributed by atoms with Crippen LogP contribution in [0.15, 0.2) is 24.3 Å². The van der Waals surface area contributed by atoms with Crippen molar-refractivity contribution in [3.05, 3.63) is 34.9 Å². The molecule has 0 heterocycles. The van der Waals surface area contributed by atoms with E-state index >= 15 is 0 Å². The average molecular weight is 310 g/mol. The first-order valence-corrected chi connectivity index (χ1v) is 7.24. The number of carbonyl (C=O) groups is 2. The van der Waals surface area contributed by atoms with Crippen LogP contribution in [0.1, 0.15) is 18.4 Å². The van der Waals surface area contributed by atoms with Crippen molar-refractivity contribution in [2.24, 2.45) is 23.5 Å². The summed E-state index contributed by atoms with van der Waals surface area (Å²) in [4.78, 5) is 23.3. The number of hydrogen-bond acceptors (Lipinski definition) is 4. The summed E-state index contributed by atoms with van der Waals surface area (Å²) in [6.07, 6.45) is 1.16. The third kappa shape index (κ3) is 2.40. The number of esters is 1. The van der Waals surface area contributed by atoms with Crippen LogP contribution in [0.3, 0.4) is 0 Å². The van der Waals surface area contributed by atoms with Crippen LogP contribution in [-0.2, 0) is 20.9 Å². The van der Waals surface area contributed by atoms with Gasteiger partial charge in [-0.15, -0.1) is 0 Å². The van der Waals surface area contributed by atoms with Crippen LogP contribution in [0.25, 0.3) is 0 Å². The maximum absolute atomic E-state index is 12.3. The van der Waals surface area contributed by atoms with Gasteiger partial charge in [0.2, 0.25) is 0 Å². The molecular formula is C15H16ClNO4. The summed E-state index contributed by atoms with van der Waals surface area (Å²) in [7, 11) is 0. The molecule has 1 aromatic rings. The highest BCUT2D eigenvalue weighted by Crippen LogP contribution is 2.61. The molecule has 21 heavy (non-hydrogen) atoms. The third-order valence-electron chi connectivity index (χ3n) is 4.58. The minimum Gasteiger partial charge on any atom is -0.481 e. The number of halogens is 1. The van der Waals surface area contributed by atoms with Crippen molar-refractivity contribution in [3.63, 3.8) is 0 Å². The number of aliphatic carboxylic acids is 1. The minimum absolute atomic E-state index is 0.0196. The maximum atomic E-state index is 12.3. The van der Waals surface area contributed by atoms with E-state index in [1.807, 2.05) is 0 Å². The third-order valence-corrected chi connectivity index (χ3v) is 4.81. The zero-order chi connectivity index (χ0) is 15.2. The van der Waals surface area contributed by atoms with E-state index in [9.17, 15) is 9.59 Å². The predicted octanol–water partition coefficient (Wildman–Crippen LogP) is 1.82. The number of fused-ring (bicyclic) bond motifs is 1. The second kappa shape index (κ2) is 5.00. The molecule has 3 rings (SSSR count). The topological polar surface area (TPSA) is 89.6 Å². The summed E-state index contributed by atoms with van der Waals surface area (Å²) in [5.74, 6) is -2.16. The van der Waals surface area contributed by atoms with Crippen LogP contribution in [0.5, 0.6) is 0 Å². The largest absolute Gasteiger partial charge is 0.481 e. The molecule has 4 unspecified atom stereocenters. The van der Waals surface area contributed by atoms with Gasteiger partial charge in [-0.2, -0.15) is 0 Å². The van der Waals surface area contributed by atoms with E-state index in [0.29, 0.717) is 17.9 Å². The highest BCUT2D eigenvalue weighted by Gasteiger charge is 2.70. The number of rotatable bonds is 4. The van der Waals surface area contributed by atoms with Crippen LogP contribution < -0.4 is 5.73 Å². The summed E-state index contributed by atoms with van der Waals surface area (Å²) >= 11 is 5.87. The number of carbonyl (C=O) groups excluding carboxylic acids is 1. The molecular weight excluding hydrogens is 294 g/mol. The van der Waals surface area contributed by atoms with E-state index in [1.165, 1.54) is 0 Å². The molecule has 5 nitrogen and oxygen atoms in total. The number of benzene rings is 1. The molecule has 1 aromatic carbocycles. The lowest BCUT2D eigenvalue weighted by Gasteiger charge is -2.24. The van der Waals surface area contributed by atoms with E-state index < -0.39 is 23.4 Å². The molecule has 0 aromatic heterocycles. The fourth-order valence-electron chi connectivity index (χ4n) is 3.49. The van der Waals surface area contributed by atoms with Crippen molar-refractivity contribution < 1.29 is 19.4 Å². The quantitative estimate of drug-likeness (QED) is 0.828. The van der Waals surface area contributed by atoms with Gasteiger partial charge in [0.1, 0.15) is 12.1 Å². The second-order valence-electron chi connectivity index (χ2n) is 5.84. The fraction of sp³-hybridized carbons (Fsp3) is 0.467. The van der Waals surface area contributed by atoms with E-state index in [0.717, 1.165) is 5.56 Å². The van der Waals surface area contributed by atoms with Gasteiger partial charge in [0.25, 0.3) is 0 Å². The Morgan fingerprint density at radius 1 is 1.48 bits per heavy atom. The van der Waals surface area contributed by atoms with E-state index in [4.69, 9.17) is 27.2 Å². The van der Waals surface area contributed by atoms with Gasteiger partial charge in [-0.3, -0.25) is 9.59 Å². The van der Waals surface area contributed by atoms with Crippen LogP contribution in [0.2, 0.25) is 5.02 Å². The van der Waals surface area contributed by atoms with Crippen LogP contribution in [-0.4, -0.2) is 22.6 Å². The standard InChI is InChI=1S/C15H16ClNO4/c16-9-3-1-2-8(6-9)7-21-14(20)15(17)5-4-10-11(12(10)15)13(18)19/h1-3,6,10-12H,4-5,7,17H2,(H,18,19). The number of hydrogen-bond donors (Lipinski definition) is 2. The first kappa shape index (κ1) is 14.4. The molecule has 0 spiro atoms. The number of carboxylic acids is 1. The maximum Gasteiger partial charge on any atom is 0.326 e. The predicted molar refractivity (Wildman–Crippen MR) is 75.5 cm³/mol. The van der Waals surface area contributed by atoms with E-state index in [-0.39, 0.29) is 18.4 Å². The Balaban J connectivity index is 1.64. The zero-order valence-electron chi connectivity index (χ0n) is 11.3. The van der Waals surface area contributed by atoms with E-state index in [1.54, 1.807) is 24.3 Å². The average Bonchev–Trinajstić information content (AvgIpc) is 3.09. The molecule has 2 aliphatic carbocycles. The molecule has 0 aliphatic heterocycles. The van der Waals surface area contributed by atoms with Gasteiger partial charge < -0.3 is 15.6 Å². The summed E-state index contributed by atoms with van der Waals surface area (Å²) in [6, 6.07) is 7.03. The Kier molecular flexibility index (Phi) is 3.42. The molecule has 3 N–H and O–H groups in total. The highest BCUT2D eigenvalue weighted by atomic mass is 35.5. The smallest absolute Gasteiger partial charge is 0.326 e. The normalized spacial score (nSPS) is 33.3. The van der Waals surface area contributed by atoms with E-state index in [2.05, 4.69) is 0 Å². The molecule has 2 saturated carbocycles. The molecule has 2 fully saturated rings. The van der Waals surface area contributed by atoms with Gasteiger partial charge >= 0.3 is 11.9 Å². The van der Waals surface area contributed by atoms with Crippen molar-refractivity contribution in [1.29, 1.82) is 0 Å². The summed E-state index contributed by atoms with van der Waals surface area (Å²) < 4.78 is 5.28. The fourth-order valence-corrected chi connectivity index (χ4v) is 3.71. The summed E-state index contributed by atoms with van der Waals surface area (Å²) in [5, 5.41) is 9.66. The number of ether oxygens (including phenoxy) is 1. The molecule has 0 amide bonds. The molecule has 0 saturated heterocycles. The lowest BCUT2D eigenvalue weighted by Crippen LogP contribution is -2.50. The van der Waals surface area contributed by atoms with Gasteiger partial charge in [0.05, 0.1) is 5.92 Å². The Hall–Kier alpha value is -1.59. The van der Waals surface area contributed by atoms with Crippen molar-refractivity contribution in [3.8, 4) is 0 Å². The second-order valence-corrected chi connectivity index (χ2v) is 6.28. The van der Waals surface area contributed by atoms with Crippen LogP contribution in [0.4, 0.5) is 0 Å². The SMILES string of the molecule is NC1(C(=O)OCc2cccc(Cl)c2)CCC2C(C(=O)O)C21. The van der Waals surface area contributed by atoms with Gasteiger partial charge in [0, 0.05) is 10.9 Å². The highest BCUT2D eigenvalue weighted by molar-refractivity contribution is 6.30. The van der Waals surface area contributed by atoms with Crippen LogP contribution in [0, 0.1) is 17.8 Å². The van der Waals surface area contributed by atoms with Gasteiger partial charge in [0.15, 0.2) is 0 Å². The summed E-state index contributed by atoms with van der Waals surface area (Å²) in [6.45, 7) is 0.0907. The Morgan fingerprint density at radius 3 is 2.86 bits per heavy atom. The number of carboxylic acid groups (broad SMARTS) is 1. The van der Waals surface area contributed by atoms with Gasteiger partial charge in [-0.1, -0.05) is 23.7 Å². The zero-order valence-corrected chi connectivity index (χ0v) is 12.0. The van der Waals surface area contributed by atoms with Gasteiger partial charge in [-0.25, -0.2) is 0 Å². The Labute approximate surface area is 127 Å². The van der Waals surface area contributed by atoms with Crippen molar-refractivity contribution in [1.82, 2.24) is 0 Å². The first-order chi connectivity index (χ1) is 9.93. The molecule has 2 aliphatic rings. The van der Waals surface area contributed by atoms with Gasteiger partial charge in [-0.05, 0) is 36.5 Å². The lowest BCUT2D eigenvalue weighted by molar-refractivity contribution is -0.152. The lowest BCUT2D eigenvalue weighted by atomic mass is 9.91. The van der Waals surface area contributed by atoms with Crippen LogP contribution >= 0.6 is 11.6 Å². The Morgan fingerprint density at radius 2 is 2.24 bits per heavy atom. The first-order valence-electron chi connectivity index (χ1n) is 6.87. The van der Waals surface area contributed by atoms with Crippen molar-refractivity contribution >= 4 is 23.5 Å².